The van der Waals surface area contributed by atoms with Crippen LogP contribution in [0.4, 0.5) is 0 Å². The van der Waals surface area contributed by atoms with Gasteiger partial charge in [-0.15, -0.1) is 0 Å². The molecule has 3 fully saturated rings. The van der Waals surface area contributed by atoms with Gasteiger partial charge >= 0.3 is 0 Å². The van der Waals surface area contributed by atoms with E-state index in [1.807, 2.05) is 12.3 Å². The van der Waals surface area contributed by atoms with Gasteiger partial charge in [0.05, 0.1) is 17.9 Å². The van der Waals surface area contributed by atoms with E-state index < -0.39 is 0 Å². The highest BCUT2D eigenvalue weighted by molar-refractivity contribution is 5.06. The minimum absolute atomic E-state index is 0.481. The molecule has 1 aromatic rings. The van der Waals surface area contributed by atoms with E-state index in [0.29, 0.717) is 24.3 Å². The second kappa shape index (κ2) is 8.37. The standard InChI is InChI=1S/C22H35N3O/c1-17(2)15-24-11-8-21(9-12-24)26-22-13-19-6-7-20(14-22)25(19)16-18-5-3-4-10-23-18/h3-5,10,17,19-22H,6-9,11-16H2,1-2H3/t19-,20+,22?. The zero-order valence-electron chi connectivity index (χ0n) is 16.5. The molecule has 3 atom stereocenters. The van der Waals surface area contributed by atoms with Gasteiger partial charge in [0.15, 0.2) is 0 Å². The Labute approximate surface area is 158 Å². The largest absolute Gasteiger partial charge is 0.375 e. The van der Waals surface area contributed by atoms with Crippen LogP contribution >= 0.6 is 0 Å². The first-order valence-electron chi connectivity index (χ1n) is 10.7. The van der Waals surface area contributed by atoms with Gasteiger partial charge in [-0.1, -0.05) is 19.9 Å². The number of fused-ring (bicyclic) bond motifs is 2. The normalized spacial score (nSPS) is 31.0. The van der Waals surface area contributed by atoms with Crippen LogP contribution in [0, 0.1) is 5.92 Å². The summed E-state index contributed by atoms with van der Waals surface area (Å²) in [6, 6.07) is 7.66. The van der Waals surface area contributed by atoms with Crippen LogP contribution < -0.4 is 0 Å². The van der Waals surface area contributed by atoms with Gasteiger partial charge in [-0.25, -0.2) is 0 Å². The molecule has 3 saturated heterocycles. The molecule has 4 rings (SSSR count). The lowest BCUT2D eigenvalue weighted by Gasteiger charge is -2.41. The Morgan fingerprint density at radius 3 is 2.38 bits per heavy atom. The summed E-state index contributed by atoms with van der Waals surface area (Å²) in [6.45, 7) is 9.32. The fourth-order valence-electron chi connectivity index (χ4n) is 5.29. The lowest BCUT2D eigenvalue weighted by Crippen LogP contribution is -2.47. The molecule has 1 unspecified atom stereocenters. The van der Waals surface area contributed by atoms with Crippen LogP contribution in [-0.2, 0) is 11.3 Å². The third-order valence-corrected chi connectivity index (χ3v) is 6.45. The van der Waals surface area contributed by atoms with Crippen LogP contribution in [0.1, 0.15) is 58.1 Å². The van der Waals surface area contributed by atoms with E-state index in [4.69, 9.17) is 4.74 Å². The molecule has 3 aliphatic heterocycles. The Kier molecular flexibility index (Phi) is 5.92. The van der Waals surface area contributed by atoms with Crippen molar-refractivity contribution in [2.75, 3.05) is 19.6 Å². The highest BCUT2D eigenvalue weighted by Gasteiger charge is 2.41. The van der Waals surface area contributed by atoms with Crippen LogP contribution in [0.5, 0.6) is 0 Å². The summed E-state index contributed by atoms with van der Waals surface area (Å²) in [6.07, 6.45) is 10.4. The van der Waals surface area contributed by atoms with Crippen LogP contribution in [0.25, 0.3) is 0 Å². The lowest BCUT2D eigenvalue weighted by atomic mass is 9.98. The Morgan fingerprint density at radius 2 is 1.77 bits per heavy atom. The molecule has 0 spiro atoms. The number of likely N-dealkylation sites (tertiary alicyclic amines) is 1. The van der Waals surface area contributed by atoms with Gasteiger partial charge in [0.2, 0.25) is 0 Å². The van der Waals surface area contributed by atoms with Crippen molar-refractivity contribution in [1.29, 1.82) is 0 Å². The molecule has 1 aromatic heterocycles. The zero-order chi connectivity index (χ0) is 17.9. The summed E-state index contributed by atoms with van der Waals surface area (Å²) in [5, 5.41) is 0. The highest BCUT2D eigenvalue weighted by Crippen LogP contribution is 2.38. The molecule has 0 aliphatic carbocycles. The van der Waals surface area contributed by atoms with Gasteiger partial charge in [-0.05, 0) is 56.6 Å². The summed E-state index contributed by atoms with van der Waals surface area (Å²) < 4.78 is 6.60. The average molecular weight is 358 g/mol. The smallest absolute Gasteiger partial charge is 0.0608 e. The van der Waals surface area contributed by atoms with Gasteiger partial charge in [0.1, 0.15) is 0 Å². The zero-order valence-corrected chi connectivity index (χ0v) is 16.5. The maximum atomic E-state index is 6.60. The summed E-state index contributed by atoms with van der Waals surface area (Å²) in [7, 11) is 0. The number of pyridine rings is 1. The Morgan fingerprint density at radius 1 is 1.04 bits per heavy atom. The molecule has 4 heterocycles. The number of hydrogen-bond acceptors (Lipinski definition) is 4. The van der Waals surface area contributed by atoms with Crippen LogP contribution in [0.15, 0.2) is 24.4 Å². The van der Waals surface area contributed by atoms with Crippen molar-refractivity contribution in [2.45, 2.75) is 83.2 Å². The third-order valence-electron chi connectivity index (χ3n) is 6.45. The molecule has 0 amide bonds. The monoisotopic (exact) mass is 357 g/mol. The lowest BCUT2D eigenvalue weighted by molar-refractivity contribution is -0.0812. The van der Waals surface area contributed by atoms with Gasteiger partial charge in [-0.2, -0.15) is 0 Å². The SMILES string of the molecule is CC(C)CN1CCC(OC2C[C@H]3CC[C@@H](C2)N3Cc2ccccn2)CC1. The van der Waals surface area contributed by atoms with Crippen molar-refractivity contribution in [3.05, 3.63) is 30.1 Å². The van der Waals surface area contributed by atoms with Gasteiger partial charge in [0, 0.05) is 44.5 Å². The number of hydrogen-bond donors (Lipinski definition) is 0. The van der Waals surface area contributed by atoms with E-state index in [2.05, 4.69) is 40.8 Å². The summed E-state index contributed by atoms with van der Waals surface area (Å²) in [4.78, 5) is 9.85. The van der Waals surface area contributed by atoms with E-state index in [1.54, 1.807) is 0 Å². The number of aromatic nitrogens is 1. The molecule has 0 aromatic carbocycles. The molecule has 144 valence electrons. The van der Waals surface area contributed by atoms with E-state index in [-0.39, 0.29) is 0 Å². The minimum Gasteiger partial charge on any atom is -0.375 e. The first kappa shape index (κ1) is 18.4. The number of ether oxygens (including phenoxy) is 1. The number of piperidine rings is 2. The molecular formula is C22H35N3O. The van der Waals surface area contributed by atoms with Crippen LogP contribution in [-0.4, -0.2) is 58.7 Å². The first-order chi connectivity index (χ1) is 12.7. The maximum Gasteiger partial charge on any atom is 0.0608 e. The average Bonchev–Trinajstić information content (AvgIpc) is 2.86. The van der Waals surface area contributed by atoms with Crippen molar-refractivity contribution in [1.82, 2.24) is 14.8 Å². The quantitative estimate of drug-likeness (QED) is 0.776. The molecule has 3 aliphatic rings. The molecule has 4 heteroatoms. The van der Waals surface area contributed by atoms with Gasteiger partial charge < -0.3 is 9.64 Å². The van der Waals surface area contributed by atoms with Gasteiger partial charge in [0.25, 0.3) is 0 Å². The van der Waals surface area contributed by atoms with Crippen molar-refractivity contribution in [2.24, 2.45) is 5.92 Å². The topological polar surface area (TPSA) is 28.6 Å². The molecule has 2 bridgehead atoms. The van der Waals surface area contributed by atoms with E-state index in [0.717, 1.165) is 12.5 Å². The summed E-state index contributed by atoms with van der Waals surface area (Å²) >= 11 is 0. The molecule has 0 saturated carbocycles. The number of rotatable bonds is 6. The molecule has 0 radical (unpaired) electrons. The van der Waals surface area contributed by atoms with Crippen LogP contribution in [0.3, 0.4) is 0 Å². The van der Waals surface area contributed by atoms with E-state index in [9.17, 15) is 0 Å². The second-order valence-corrected chi connectivity index (χ2v) is 9.00. The Balaban J connectivity index is 1.25. The minimum atomic E-state index is 0.481. The summed E-state index contributed by atoms with van der Waals surface area (Å²) in [5.41, 5.74) is 1.21. The van der Waals surface area contributed by atoms with Crippen molar-refractivity contribution in [3.8, 4) is 0 Å². The van der Waals surface area contributed by atoms with Crippen LogP contribution in [0.2, 0.25) is 0 Å². The third kappa shape index (κ3) is 4.47. The fourth-order valence-corrected chi connectivity index (χ4v) is 5.29. The van der Waals surface area contributed by atoms with Crippen molar-refractivity contribution >= 4 is 0 Å². The first-order valence-corrected chi connectivity index (χ1v) is 10.7. The summed E-state index contributed by atoms with van der Waals surface area (Å²) in [5.74, 6) is 0.770. The van der Waals surface area contributed by atoms with Crippen molar-refractivity contribution in [3.63, 3.8) is 0 Å². The Bertz CT molecular complexity index is 542. The highest BCUT2D eigenvalue weighted by atomic mass is 16.5. The predicted octanol–water partition coefficient (Wildman–Crippen LogP) is 3.71. The molecule has 26 heavy (non-hydrogen) atoms. The van der Waals surface area contributed by atoms with E-state index in [1.165, 1.54) is 63.9 Å². The van der Waals surface area contributed by atoms with Crippen molar-refractivity contribution < 1.29 is 4.74 Å². The maximum absolute atomic E-state index is 6.60. The van der Waals surface area contributed by atoms with E-state index >= 15 is 0 Å². The predicted molar refractivity (Wildman–Crippen MR) is 105 cm³/mol. The molecule has 0 N–H and O–H groups in total. The molecule has 4 nitrogen and oxygen atoms in total. The molecular weight excluding hydrogens is 322 g/mol. The second-order valence-electron chi connectivity index (χ2n) is 9.00. The fraction of sp³-hybridized carbons (Fsp3) is 0.773. The Hall–Kier alpha value is -0.970. The van der Waals surface area contributed by atoms with Gasteiger partial charge in [-0.3, -0.25) is 9.88 Å². The number of nitrogens with zero attached hydrogens (tertiary/aromatic N) is 3.